The molecular weight excluding hydrogens is 452 g/mol. The summed E-state index contributed by atoms with van der Waals surface area (Å²) in [5.74, 6) is 0.914. The summed E-state index contributed by atoms with van der Waals surface area (Å²) in [6, 6.07) is 20.2. The quantitative estimate of drug-likeness (QED) is 0.461. The average Bonchev–Trinajstić information content (AvgIpc) is 2.83. The molecule has 34 heavy (non-hydrogen) atoms. The molecule has 0 spiro atoms. The number of ether oxygens (including phenoxy) is 2. The normalized spacial score (nSPS) is 12.0. The van der Waals surface area contributed by atoms with Crippen LogP contribution in [0.25, 0.3) is 0 Å². The van der Waals surface area contributed by atoms with Crippen LogP contribution >= 0.6 is 0 Å². The number of carbonyl (C=O) groups is 1. The number of nitrogens with one attached hydrogen (secondary N) is 1. The molecule has 7 nitrogen and oxygen atoms in total. The van der Waals surface area contributed by atoms with Gasteiger partial charge in [-0.05, 0) is 74.9 Å². The Labute approximate surface area is 201 Å². The van der Waals surface area contributed by atoms with Crippen LogP contribution in [0.3, 0.4) is 0 Å². The number of carbonyl (C=O) groups excluding carboxylic acids is 1. The van der Waals surface area contributed by atoms with Crippen molar-refractivity contribution in [1.82, 2.24) is 5.32 Å². The number of amides is 1. The van der Waals surface area contributed by atoms with E-state index >= 15 is 0 Å². The van der Waals surface area contributed by atoms with E-state index in [1.54, 1.807) is 55.6 Å². The lowest BCUT2D eigenvalue weighted by Crippen LogP contribution is -2.41. The summed E-state index contributed by atoms with van der Waals surface area (Å²) < 4.78 is 38.8. The molecule has 3 aromatic carbocycles. The number of anilines is 1. The molecule has 0 heterocycles. The zero-order valence-corrected chi connectivity index (χ0v) is 20.6. The van der Waals surface area contributed by atoms with Gasteiger partial charge in [0.2, 0.25) is 5.91 Å². The first-order chi connectivity index (χ1) is 16.2. The largest absolute Gasteiger partial charge is 0.497 e. The summed E-state index contributed by atoms with van der Waals surface area (Å²) in [6.07, 6.45) is 0. The van der Waals surface area contributed by atoms with Crippen LogP contribution in [0.5, 0.6) is 11.5 Å². The zero-order valence-electron chi connectivity index (χ0n) is 19.8. The molecule has 1 amide bonds. The minimum atomic E-state index is -3.99. The summed E-state index contributed by atoms with van der Waals surface area (Å²) in [4.78, 5) is 13.1. The molecule has 0 saturated heterocycles. The number of hydrogen-bond donors (Lipinski definition) is 1. The third kappa shape index (κ3) is 6.08. The van der Waals surface area contributed by atoms with Crippen LogP contribution in [0.15, 0.2) is 77.7 Å². The van der Waals surface area contributed by atoms with Gasteiger partial charge in [0.05, 0.1) is 30.3 Å². The Morgan fingerprint density at radius 1 is 0.941 bits per heavy atom. The Hall–Kier alpha value is -3.52. The van der Waals surface area contributed by atoms with Crippen molar-refractivity contribution >= 4 is 21.6 Å². The molecule has 0 fully saturated rings. The molecule has 3 aromatic rings. The van der Waals surface area contributed by atoms with E-state index in [1.165, 1.54) is 0 Å². The summed E-state index contributed by atoms with van der Waals surface area (Å²) >= 11 is 0. The van der Waals surface area contributed by atoms with Gasteiger partial charge >= 0.3 is 0 Å². The highest BCUT2D eigenvalue weighted by molar-refractivity contribution is 7.92. The topological polar surface area (TPSA) is 84.9 Å². The van der Waals surface area contributed by atoms with Crippen molar-refractivity contribution in [2.24, 2.45) is 0 Å². The summed E-state index contributed by atoms with van der Waals surface area (Å²) in [6.45, 7) is 5.72. The fraction of sp³-hybridized carbons (Fsp3) is 0.269. The third-order valence-electron chi connectivity index (χ3n) is 5.33. The van der Waals surface area contributed by atoms with Gasteiger partial charge in [0.1, 0.15) is 18.0 Å². The highest BCUT2D eigenvalue weighted by Crippen LogP contribution is 2.26. The molecule has 180 valence electrons. The van der Waals surface area contributed by atoms with Gasteiger partial charge in [-0.1, -0.05) is 29.8 Å². The van der Waals surface area contributed by atoms with Crippen LogP contribution in [-0.2, 0) is 14.8 Å². The van der Waals surface area contributed by atoms with Gasteiger partial charge in [0, 0.05) is 0 Å². The molecule has 0 saturated carbocycles. The maximum Gasteiger partial charge on any atom is 0.264 e. The van der Waals surface area contributed by atoms with Crippen LogP contribution < -0.4 is 19.1 Å². The van der Waals surface area contributed by atoms with Gasteiger partial charge in [0.25, 0.3) is 10.0 Å². The third-order valence-corrected chi connectivity index (χ3v) is 7.11. The second kappa shape index (κ2) is 11.1. The Bertz CT molecular complexity index is 1190. The fourth-order valence-electron chi connectivity index (χ4n) is 3.42. The van der Waals surface area contributed by atoms with E-state index in [4.69, 9.17) is 9.47 Å². The van der Waals surface area contributed by atoms with Crippen LogP contribution in [0.1, 0.15) is 31.0 Å². The van der Waals surface area contributed by atoms with Gasteiger partial charge in [-0.25, -0.2) is 8.42 Å². The van der Waals surface area contributed by atoms with Gasteiger partial charge in [-0.15, -0.1) is 0 Å². The zero-order chi connectivity index (χ0) is 24.7. The lowest BCUT2D eigenvalue weighted by atomic mass is 10.1. The molecule has 1 N–H and O–H groups in total. The van der Waals surface area contributed by atoms with Crippen molar-refractivity contribution in [1.29, 1.82) is 0 Å². The summed E-state index contributed by atoms with van der Waals surface area (Å²) in [5.41, 5.74) is 2.19. The molecule has 0 bridgehead atoms. The SMILES string of the molecule is CCOc1ccc(N(CC(=O)N[C@H](C)c2ccc(OC)cc2)S(=O)(=O)c2ccc(C)cc2)cc1. The van der Waals surface area contributed by atoms with E-state index in [0.717, 1.165) is 15.4 Å². The van der Waals surface area contributed by atoms with E-state index in [2.05, 4.69) is 5.32 Å². The van der Waals surface area contributed by atoms with Crippen molar-refractivity contribution in [2.75, 3.05) is 24.6 Å². The molecule has 0 aromatic heterocycles. The Kier molecular flexibility index (Phi) is 8.17. The molecular formula is C26H30N2O5S. The van der Waals surface area contributed by atoms with E-state index in [1.807, 2.05) is 45.0 Å². The first-order valence-electron chi connectivity index (χ1n) is 11.0. The van der Waals surface area contributed by atoms with Gasteiger partial charge < -0.3 is 14.8 Å². The number of hydrogen-bond acceptors (Lipinski definition) is 5. The van der Waals surface area contributed by atoms with Crippen molar-refractivity contribution in [3.63, 3.8) is 0 Å². The first-order valence-corrected chi connectivity index (χ1v) is 12.4. The standard InChI is InChI=1S/C26H30N2O5S/c1-5-33-24-14-10-22(11-15-24)28(34(30,31)25-16-6-19(2)7-17-25)18-26(29)27-20(3)21-8-12-23(32-4)13-9-21/h6-17,20H,5,18H2,1-4H3,(H,27,29)/t20-/m1/s1. The number of rotatable bonds is 10. The second-order valence-corrected chi connectivity index (χ2v) is 9.68. The lowest BCUT2D eigenvalue weighted by molar-refractivity contribution is -0.120. The minimum absolute atomic E-state index is 0.114. The van der Waals surface area contributed by atoms with Crippen LogP contribution in [0.2, 0.25) is 0 Å². The maximum atomic E-state index is 13.5. The average molecular weight is 483 g/mol. The molecule has 3 rings (SSSR count). The predicted octanol–water partition coefficient (Wildman–Crippen LogP) is 4.48. The Balaban J connectivity index is 1.86. The number of benzene rings is 3. The van der Waals surface area contributed by atoms with Gasteiger partial charge in [-0.2, -0.15) is 0 Å². The van der Waals surface area contributed by atoms with E-state index in [-0.39, 0.29) is 17.5 Å². The minimum Gasteiger partial charge on any atom is -0.497 e. The fourth-order valence-corrected chi connectivity index (χ4v) is 4.84. The molecule has 8 heteroatoms. The monoisotopic (exact) mass is 482 g/mol. The van der Waals surface area contributed by atoms with Gasteiger partial charge in [-0.3, -0.25) is 9.10 Å². The van der Waals surface area contributed by atoms with E-state index in [0.29, 0.717) is 23.8 Å². The van der Waals surface area contributed by atoms with Gasteiger partial charge in [0.15, 0.2) is 0 Å². The molecule has 1 atom stereocenters. The number of sulfonamides is 1. The molecule has 0 aliphatic carbocycles. The number of methoxy groups -OCH3 is 1. The smallest absolute Gasteiger partial charge is 0.264 e. The maximum absolute atomic E-state index is 13.5. The van der Waals surface area contributed by atoms with Crippen LogP contribution in [0, 0.1) is 6.92 Å². The second-order valence-electron chi connectivity index (χ2n) is 7.81. The Morgan fingerprint density at radius 2 is 1.53 bits per heavy atom. The number of aryl methyl sites for hydroxylation is 1. The molecule has 0 aliphatic rings. The van der Waals surface area contributed by atoms with Crippen molar-refractivity contribution in [2.45, 2.75) is 31.7 Å². The van der Waals surface area contributed by atoms with E-state index in [9.17, 15) is 13.2 Å². The molecule has 0 radical (unpaired) electrons. The lowest BCUT2D eigenvalue weighted by Gasteiger charge is -2.25. The molecule has 0 unspecified atom stereocenters. The molecule has 0 aliphatic heterocycles. The van der Waals surface area contributed by atoms with E-state index < -0.39 is 15.9 Å². The predicted molar refractivity (Wildman–Crippen MR) is 133 cm³/mol. The Morgan fingerprint density at radius 3 is 2.09 bits per heavy atom. The summed E-state index contributed by atoms with van der Waals surface area (Å²) in [5, 5.41) is 2.89. The highest BCUT2D eigenvalue weighted by atomic mass is 32.2. The van der Waals surface area contributed by atoms with Crippen LogP contribution in [-0.4, -0.2) is 34.6 Å². The highest BCUT2D eigenvalue weighted by Gasteiger charge is 2.27. The summed E-state index contributed by atoms with van der Waals surface area (Å²) in [7, 11) is -2.40. The number of nitrogens with zero attached hydrogens (tertiary/aromatic N) is 1. The van der Waals surface area contributed by atoms with Crippen molar-refractivity contribution in [3.8, 4) is 11.5 Å². The van der Waals surface area contributed by atoms with Crippen LogP contribution in [0.4, 0.5) is 5.69 Å². The van der Waals surface area contributed by atoms with Crippen molar-refractivity contribution in [3.05, 3.63) is 83.9 Å². The van der Waals surface area contributed by atoms with Crippen molar-refractivity contribution < 1.29 is 22.7 Å². The first kappa shape index (κ1) is 25.1.